The zero-order valence-electron chi connectivity index (χ0n) is 10.9. The van der Waals surface area contributed by atoms with Gasteiger partial charge in [-0.2, -0.15) is 0 Å². The van der Waals surface area contributed by atoms with E-state index in [4.69, 9.17) is 9.47 Å². The van der Waals surface area contributed by atoms with Gasteiger partial charge >= 0.3 is 0 Å². The minimum absolute atomic E-state index is 0.0431. The molecule has 0 aromatic heterocycles. The van der Waals surface area contributed by atoms with Gasteiger partial charge in [0, 0.05) is 16.8 Å². The van der Waals surface area contributed by atoms with Crippen LogP contribution in [0.1, 0.15) is 30.6 Å². The number of thioether (sulfide) groups is 1. The summed E-state index contributed by atoms with van der Waals surface area (Å²) in [5.74, 6) is 0.695. The van der Waals surface area contributed by atoms with Crippen LogP contribution in [0.25, 0.3) is 0 Å². The molecule has 1 saturated heterocycles. The summed E-state index contributed by atoms with van der Waals surface area (Å²) in [4.78, 5) is 12.8. The van der Waals surface area contributed by atoms with Crippen molar-refractivity contribution in [2.75, 3.05) is 13.7 Å². The van der Waals surface area contributed by atoms with Crippen molar-refractivity contribution in [3.8, 4) is 5.75 Å². The van der Waals surface area contributed by atoms with Gasteiger partial charge in [-0.15, -0.1) is 11.8 Å². The Morgan fingerprint density at radius 2 is 2.28 bits per heavy atom. The maximum Gasteiger partial charge on any atom is 0.164 e. The number of rotatable bonds is 4. The standard InChI is InChI=1S/C14H18O3S/c1-9(15)14-11(16-3)5-4-6-13(14)18-12-7-8-17-10(12)2/h4-6,10,12H,7-8H2,1-3H3. The van der Waals surface area contributed by atoms with E-state index in [9.17, 15) is 4.79 Å². The number of ketones is 1. The van der Waals surface area contributed by atoms with Gasteiger partial charge in [0.2, 0.25) is 0 Å². The molecule has 0 saturated carbocycles. The lowest BCUT2D eigenvalue weighted by Crippen LogP contribution is -2.14. The summed E-state index contributed by atoms with van der Waals surface area (Å²) in [6.07, 6.45) is 1.27. The third-order valence-electron chi connectivity index (χ3n) is 3.14. The van der Waals surface area contributed by atoms with E-state index < -0.39 is 0 Å². The Hall–Kier alpha value is -1.00. The molecule has 0 radical (unpaired) electrons. The zero-order chi connectivity index (χ0) is 13.1. The van der Waals surface area contributed by atoms with Gasteiger partial charge in [0.05, 0.1) is 18.8 Å². The first-order valence-electron chi connectivity index (χ1n) is 6.09. The van der Waals surface area contributed by atoms with Crippen molar-refractivity contribution in [1.29, 1.82) is 0 Å². The van der Waals surface area contributed by atoms with Crippen LogP contribution in [0.5, 0.6) is 5.75 Å². The van der Waals surface area contributed by atoms with E-state index in [0.29, 0.717) is 16.6 Å². The van der Waals surface area contributed by atoms with Gasteiger partial charge in [0.25, 0.3) is 0 Å². The molecule has 18 heavy (non-hydrogen) atoms. The van der Waals surface area contributed by atoms with Crippen molar-refractivity contribution in [2.24, 2.45) is 0 Å². The van der Waals surface area contributed by atoms with Crippen LogP contribution in [0.15, 0.2) is 23.1 Å². The predicted octanol–water partition coefficient (Wildman–Crippen LogP) is 3.17. The highest BCUT2D eigenvalue weighted by Gasteiger charge is 2.27. The molecule has 0 bridgehead atoms. The van der Waals surface area contributed by atoms with Crippen LogP contribution in [0.4, 0.5) is 0 Å². The SMILES string of the molecule is COc1cccc(SC2CCOC2C)c1C(C)=O. The quantitative estimate of drug-likeness (QED) is 0.784. The van der Waals surface area contributed by atoms with E-state index in [0.717, 1.165) is 17.9 Å². The lowest BCUT2D eigenvalue weighted by Gasteiger charge is -2.16. The average molecular weight is 266 g/mol. The Balaban J connectivity index is 2.29. The summed E-state index contributed by atoms with van der Waals surface area (Å²) in [5.41, 5.74) is 0.684. The number of carbonyl (C=O) groups excluding carboxylic acids is 1. The Kier molecular flexibility index (Phi) is 4.30. The summed E-state index contributed by atoms with van der Waals surface area (Å²) in [7, 11) is 1.59. The molecule has 0 N–H and O–H groups in total. The van der Waals surface area contributed by atoms with Crippen molar-refractivity contribution >= 4 is 17.5 Å². The Labute approximate surface area is 112 Å². The molecule has 1 heterocycles. The van der Waals surface area contributed by atoms with E-state index in [1.807, 2.05) is 18.2 Å². The number of Topliss-reactive ketones (excluding diaryl/α,β-unsaturated/α-hetero) is 1. The normalized spacial score (nSPS) is 23.1. The molecule has 2 atom stereocenters. The minimum atomic E-state index is 0.0431. The van der Waals surface area contributed by atoms with Crippen molar-refractivity contribution in [1.82, 2.24) is 0 Å². The molecule has 2 rings (SSSR count). The number of methoxy groups -OCH3 is 1. The van der Waals surface area contributed by atoms with Crippen molar-refractivity contribution in [3.63, 3.8) is 0 Å². The van der Waals surface area contributed by atoms with Gasteiger partial charge in [-0.05, 0) is 32.4 Å². The highest BCUT2D eigenvalue weighted by molar-refractivity contribution is 8.00. The Morgan fingerprint density at radius 3 is 2.83 bits per heavy atom. The molecular weight excluding hydrogens is 248 g/mol. The lowest BCUT2D eigenvalue weighted by atomic mass is 10.1. The second-order valence-electron chi connectivity index (χ2n) is 4.41. The van der Waals surface area contributed by atoms with E-state index in [2.05, 4.69) is 6.92 Å². The van der Waals surface area contributed by atoms with Gasteiger partial charge in [0.15, 0.2) is 5.78 Å². The van der Waals surface area contributed by atoms with Crippen LogP contribution in [-0.2, 0) is 4.74 Å². The van der Waals surface area contributed by atoms with Crippen LogP contribution < -0.4 is 4.74 Å². The summed E-state index contributed by atoms with van der Waals surface area (Å²) in [5, 5.41) is 0.412. The fourth-order valence-corrected chi connectivity index (χ4v) is 3.49. The molecule has 1 aliphatic rings. The molecule has 98 valence electrons. The molecule has 3 nitrogen and oxygen atoms in total. The van der Waals surface area contributed by atoms with Gasteiger partial charge in [-0.25, -0.2) is 0 Å². The molecule has 1 aliphatic heterocycles. The molecule has 0 amide bonds. The van der Waals surface area contributed by atoms with Gasteiger partial charge in [0.1, 0.15) is 5.75 Å². The van der Waals surface area contributed by atoms with Gasteiger partial charge < -0.3 is 9.47 Å². The molecule has 1 aromatic rings. The maximum atomic E-state index is 11.8. The number of carbonyl (C=O) groups is 1. The van der Waals surface area contributed by atoms with Crippen LogP contribution >= 0.6 is 11.8 Å². The molecule has 0 spiro atoms. The highest BCUT2D eigenvalue weighted by atomic mass is 32.2. The molecule has 1 aromatic carbocycles. The Bertz CT molecular complexity index is 445. The highest BCUT2D eigenvalue weighted by Crippen LogP contribution is 2.37. The minimum Gasteiger partial charge on any atom is -0.496 e. The smallest absolute Gasteiger partial charge is 0.164 e. The first-order valence-corrected chi connectivity index (χ1v) is 6.97. The van der Waals surface area contributed by atoms with Crippen LogP contribution in [0.2, 0.25) is 0 Å². The monoisotopic (exact) mass is 266 g/mol. The summed E-state index contributed by atoms with van der Waals surface area (Å²) in [6, 6.07) is 5.73. The molecule has 1 fully saturated rings. The molecule has 0 aliphatic carbocycles. The fourth-order valence-electron chi connectivity index (χ4n) is 2.16. The van der Waals surface area contributed by atoms with Crippen molar-refractivity contribution in [2.45, 2.75) is 36.5 Å². The molecule has 4 heteroatoms. The van der Waals surface area contributed by atoms with E-state index in [1.165, 1.54) is 0 Å². The van der Waals surface area contributed by atoms with E-state index >= 15 is 0 Å². The second-order valence-corrected chi connectivity index (χ2v) is 5.69. The average Bonchev–Trinajstić information content (AvgIpc) is 2.74. The first kappa shape index (κ1) is 13.4. The number of ether oxygens (including phenoxy) is 2. The number of hydrogen-bond acceptors (Lipinski definition) is 4. The third-order valence-corrected chi connectivity index (χ3v) is 4.66. The Morgan fingerprint density at radius 1 is 1.50 bits per heavy atom. The fraction of sp³-hybridized carbons (Fsp3) is 0.500. The van der Waals surface area contributed by atoms with Crippen molar-refractivity contribution in [3.05, 3.63) is 23.8 Å². The third kappa shape index (κ3) is 2.70. The van der Waals surface area contributed by atoms with Gasteiger partial charge in [-0.1, -0.05) is 6.07 Å². The van der Waals surface area contributed by atoms with E-state index in [-0.39, 0.29) is 11.9 Å². The van der Waals surface area contributed by atoms with Crippen LogP contribution in [0.3, 0.4) is 0 Å². The molecule has 2 unspecified atom stereocenters. The molecular formula is C14H18O3S. The number of hydrogen-bond donors (Lipinski definition) is 0. The number of benzene rings is 1. The van der Waals surface area contributed by atoms with Gasteiger partial charge in [-0.3, -0.25) is 4.79 Å². The second kappa shape index (κ2) is 5.76. The van der Waals surface area contributed by atoms with Crippen LogP contribution in [0, 0.1) is 0 Å². The summed E-state index contributed by atoms with van der Waals surface area (Å²) < 4.78 is 10.8. The van der Waals surface area contributed by atoms with Crippen molar-refractivity contribution < 1.29 is 14.3 Å². The topological polar surface area (TPSA) is 35.5 Å². The van der Waals surface area contributed by atoms with Crippen LogP contribution in [-0.4, -0.2) is 30.9 Å². The zero-order valence-corrected chi connectivity index (χ0v) is 11.8. The summed E-state index contributed by atoms with van der Waals surface area (Å²) >= 11 is 1.72. The predicted molar refractivity (Wildman–Crippen MR) is 72.7 cm³/mol. The maximum absolute atomic E-state index is 11.8. The summed E-state index contributed by atoms with van der Waals surface area (Å²) in [6.45, 7) is 4.47. The largest absolute Gasteiger partial charge is 0.496 e. The first-order chi connectivity index (χ1) is 8.63. The lowest BCUT2D eigenvalue weighted by molar-refractivity contribution is 0.101. The van der Waals surface area contributed by atoms with E-state index in [1.54, 1.807) is 25.8 Å².